The Morgan fingerprint density at radius 3 is 2.88 bits per heavy atom. The average molecular weight is 323 g/mol. The number of aromatic nitrogens is 2. The van der Waals surface area contributed by atoms with Gasteiger partial charge in [-0.15, -0.1) is 0 Å². The molecule has 1 rings (SSSR count). The van der Waals surface area contributed by atoms with Crippen LogP contribution in [0.3, 0.4) is 0 Å². The molecule has 1 N–H and O–H groups in total. The van der Waals surface area contributed by atoms with Gasteiger partial charge in [0.05, 0.1) is 4.47 Å². The van der Waals surface area contributed by atoms with Crippen molar-refractivity contribution in [1.82, 2.24) is 9.97 Å². The summed E-state index contributed by atoms with van der Waals surface area (Å²) in [4.78, 5) is 7.95. The molecular formula is C11H17BrClN3O. The molecule has 0 saturated carbocycles. The van der Waals surface area contributed by atoms with Crippen LogP contribution < -0.4 is 5.32 Å². The van der Waals surface area contributed by atoms with Gasteiger partial charge >= 0.3 is 0 Å². The molecule has 0 aliphatic heterocycles. The van der Waals surface area contributed by atoms with Gasteiger partial charge in [0.15, 0.2) is 0 Å². The standard InChI is InChI=1S/C11H17BrClN3O/c1-2-3-6-17-7-4-5-14-11-9(12)10(13)15-8-16-11/h8H,2-7H2,1H3,(H,14,15,16). The topological polar surface area (TPSA) is 47.0 Å². The second-order valence-electron chi connectivity index (χ2n) is 3.57. The van der Waals surface area contributed by atoms with E-state index in [9.17, 15) is 0 Å². The van der Waals surface area contributed by atoms with E-state index in [2.05, 4.69) is 38.1 Å². The van der Waals surface area contributed by atoms with Crippen LogP contribution in [0.15, 0.2) is 10.8 Å². The zero-order valence-corrected chi connectivity index (χ0v) is 12.2. The van der Waals surface area contributed by atoms with E-state index in [0.717, 1.165) is 38.4 Å². The molecule has 6 heteroatoms. The summed E-state index contributed by atoms with van der Waals surface area (Å²) >= 11 is 9.18. The fourth-order valence-corrected chi connectivity index (χ4v) is 1.68. The molecule has 0 unspecified atom stereocenters. The van der Waals surface area contributed by atoms with Crippen LogP contribution in [-0.4, -0.2) is 29.7 Å². The lowest BCUT2D eigenvalue weighted by molar-refractivity contribution is 0.131. The normalized spacial score (nSPS) is 10.5. The fraction of sp³-hybridized carbons (Fsp3) is 0.636. The van der Waals surface area contributed by atoms with E-state index < -0.39 is 0 Å². The minimum Gasteiger partial charge on any atom is -0.381 e. The molecule has 1 aromatic rings. The van der Waals surface area contributed by atoms with Crippen molar-refractivity contribution in [3.63, 3.8) is 0 Å². The quantitative estimate of drug-likeness (QED) is 0.588. The summed E-state index contributed by atoms with van der Waals surface area (Å²) < 4.78 is 6.16. The van der Waals surface area contributed by atoms with Gasteiger partial charge in [0, 0.05) is 19.8 Å². The number of ether oxygens (including phenoxy) is 1. The molecule has 0 saturated heterocycles. The lowest BCUT2D eigenvalue weighted by Gasteiger charge is -2.08. The Balaban J connectivity index is 2.16. The minimum atomic E-state index is 0.418. The summed E-state index contributed by atoms with van der Waals surface area (Å²) in [7, 11) is 0. The van der Waals surface area contributed by atoms with Crippen molar-refractivity contribution in [1.29, 1.82) is 0 Å². The summed E-state index contributed by atoms with van der Waals surface area (Å²) in [6, 6.07) is 0. The molecule has 0 amide bonds. The van der Waals surface area contributed by atoms with Gasteiger partial charge in [0.2, 0.25) is 0 Å². The predicted molar refractivity (Wildman–Crippen MR) is 73.6 cm³/mol. The Hall–Kier alpha value is -0.390. The number of unbranched alkanes of at least 4 members (excludes halogenated alkanes) is 1. The molecule has 0 fully saturated rings. The van der Waals surface area contributed by atoms with Crippen LogP contribution in [0.5, 0.6) is 0 Å². The molecule has 0 aliphatic carbocycles. The van der Waals surface area contributed by atoms with Crippen LogP contribution in [0.1, 0.15) is 26.2 Å². The number of hydrogen-bond acceptors (Lipinski definition) is 4. The number of halogens is 2. The summed E-state index contributed by atoms with van der Waals surface area (Å²) in [5.41, 5.74) is 0. The maximum absolute atomic E-state index is 5.85. The van der Waals surface area contributed by atoms with Gasteiger partial charge in [0.1, 0.15) is 17.3 Å². The number of rotatable bonds is 8. The van der Waals surface area contributed by atoms with Crippen molar-refractivity contribution in [3.8, 4) is 0 Å². The average Bonchev–Trinajstić information content (AvgIpc) is 2.33. The summed E-state index contributed by atoms with van der Waals surface area (Å²) in [5.74, 6) is 0.721. The summed E-state index contributed by atoms with van der Waals surface area (Å²) in [6.07, 6.45) is 4.68. The number of hydrogen-bond donors (Lipinski definition) is 1. The van der Waals surface area contributed by atoms with Crippen molar-refractivity contribution in [2.24, 2.45) is 0 Å². The first-order chi connectivity index (χ1) is 8.25. The highest BCUT2D eigenvalue weighted by Gasteiger charge is 2.05. The molecule has 0 aliphatic rings. The number of nitrogens with zero attached hydrogens (tertiary/aromatic N) is 2. The van der Waals surface area contributed by atoms with Crippen LogP contribution in [0.2, 0.25) is 5.15 Å². The molecule has 0 aromatic carbocycles. The smallest absolute Gasteiger partial charge is 0.148 e. The van der Waals surface area contributed by atoms with Crippen molar-refractivity contribution in [3.05, 3.63) is 16.0 Å². The third-order valence-electron chi connectivity index (χ3n) is 2.15. The van der Waals surface area contributed by atoms with Gasteiger partial charge < -0.3 is 10.1 Å². The highest BCUT2D eigenvalue weighted by atomic mass is 79.9. The fourth-order valence-electron chi connectivity index (χ4n) is 1.20. The molecule has 0 spiro atoms. The monoisotopic (exact) mass is 321 g/mol. The highest BCUT2D eigenvalue weighted by Crippen LogP contribution is 2.25. The van der Waals surface area contributed by atoms with Gasteiger partial charge in [0.25, 0.3) is 0 Å². The summed E-state index contributed by atoms with van der Waals surface area (Å²) in [5, 5.41) is 3.60. The van der Waals surface area contributed by atoms with Gasteiger partial charge in [-0.05, 0) is 28.8 Å². The molecule has 0 atom stereocenters. The minimum absolute atomic E-state index is 0.418. The van der Waals surface area contributed by atoms with Crippen LogP contribution in [0.25, 0.3) is 0 Å². The van der Waals surface area contributed by atoms with E-state index in [1.54, 1.807) is 0 Å². The third-order valence-corrected chi connectivity index (χ3v) is 3.41. The highest BCUT2D eigenvalue weighted by molar-refractivity contribution is 9.10. The zero-order valence-electron chi connectivity index (χ0n) is 9.88. The lowest BCUT2D eigenvalue weighted by atomic mass is 10.3. The Bertz CT molecular complexity index is 338. The Kier molecular flexibility index (Phi) is 7.48. The van der Waals surface area contributed by atoms with E-state index in [-0.39, 0.29) is 0 Å². The predicted octanol–water partition coefficient (Wildman–Crippen LogP) is 3.51. The molecule has 0 radical (unpaired) electrons. The van der Waals surface area contributed by atoms with Crippen molar-refractivity contribution in [2.75, 3.05) is 25.1 Å². The van der Waals surface area contributed by atoms with Gasteiger partial charge in [-0.3, -0.25) is 0 Å². The first-order valence-corrected chi connectivity index (χ1v) is 6.90. The van der Waals surface area contributed by atoms with E-state index in [4.69, 9.17) is 16.3 Å². The second-order valence-corrected chi connectivity index (χ2v) is 4.72. The first kappa shape index (κ1) is 14.7. The molecule has 96 valence electrons. The van der Waals surface area contributed by atoms with Crippen LogP contribution in [0, 0.1) is 0 Å². The molecule has 4 nitrogen and oxygen atoms in total. The Morgan fingerprint density at radius 2 is 2.12 bits per heavy atom. The molecule has 17 heavy (non-hydrogen) atoms. The maximum Gasteiger partial charge on any atom is 0.148 e. The van der Waals surface area contributed by atoms with E-state index >= 15 is 0 Å². The van der Waals surface area contributed by atoms with Crippen molar-refractivity contribution in [2.45, 2.75) is 26.2 Å². The molecule has 1 aromatic heterocycles. The van der Waals surface area contributed by atoms with Crippen LogP contribution >= 0.6 is 27.5 Å². The summed E-state index contributed by atoms with van der Waals surface area (Å²) in [6.45, 7) is 4.57. The van der Waals surface area contributed by atoms with Crippen LogP contribution in [0.4, 0.5) is 5.82 Å². The first-order valence-electron chi connectivity index (χ1n) is 5.73. The Morgan fingerprint density at radius 1 is 1.35 bits per heavy atom. The molecule has 0 bridgehead atoms. The third kappa shape index (κ3) is 5.66. The van der Waals surface area contributed by atoms with Gasteiger partial charge in [-0.25, -0.2) is 9.97 Å². The Labute approximate surface area is 115 Å². The second kappa shape index (κ2) is 8.66. The van der Waals surface area contributed by atoms with Gasteiger partial charge in [-0.1, -0.05) is 24.9 Å². The zero-order chi connectivity index (χ0) is 12.5. The van der Waals surface area contributed by atoms with Crippen LogP contribution in [-0.2, 0) is 4.74 Å². The lowest BCUT2D eigenvalue weighted by Crippen LogP contribution is -2.08. The maximum atomic E-state index is 5.85. The van der Waals surface area contributed by atoms with Crippen molar-refractivity contribution >= 4 is 33.3 Å². The number of nitrogens with one attached hydrogen (secondary N) is 1. The van der Waals surface area contributed by atoms with Gasteiger partial charge in [-0.2, -0.15) is 0 Å². The largest absolute Gasteiger partial charge is 0.381 e. The SMILES string of the molecule is CCCCOCCCNc1ncnc(Cl)c1Br. The van der Waals surface area contributed by atoms with Crippen molar-refractivity contribution < 1.29 is 4.74 Å². The van der Waals surface area contributed by atoms with E-state index in [0.29, 0.717) is 9.63 Å². The molecule has 1 heterocycles. The van der Waals surface area contributed by atoms with E-state index in [1.807, 2.05) is 0 Å². The number of anilines is 1. The van der Waals surface area contributed by atoms with E-state index in [1.165, 1.54) is 12.7 Å². The molecular weight excluding hydrogens is 305 g/mol.